The monoisotopic (exact) mass is 358 g/mol. The molecule has 2 aromatic rings. The van der Waals surface area contributed by atoms with Gasteiger partial charge in [0.25, 0.3) is 5.91 Å². The Hall–Kier alpha value is -2.67. The van der Waals surface area contributed by atoms with Gasteiger partial charge in [-0.2, -0.15) is 5.10 Å². The SMILES string of the molecule is CC(C)=CC(=O)OCC(=O)N1N=C(c2cccs2)C[C@@H]1c1ccco1. The minimum atomic E-state index is -0.537. The Balaban J connectivity index is 1.76. The lowest BCUT2D eigenvalue weighted by Crippen LogP contribution is -2.31. The summed E-state index contributed by atoms with van der Waals surface area (Å²) in [7, 11) is 0. The number of rotatable bonds is 5. The molecule has 0 saturated carbocycles. The van der Waals surface area contributed by atoms with Gasteiger partial charge >= 0.3 is 5.97 Å². The number of carbonyl (C=O) groups excluding carboxylic acids is 2. The van der Waals surface area contributed by atoms with Crippen molar-refractivity contribution < 1.29 is 18.7 Å². The smallest absolute Gasteiger partial charge is 0.331 e. The van der Waals surface area contributed by atoms with Crippen LogP contribution >= 0.6 is 11.3 Å². The van der Waals surface area contributed by atoms with Gasteiger partial charge in [0.1, 0.15) is 11.8 Å². The van der Waals surface area contributed by atoms with Gasteiger partial charge in [0.15, 0.2) is 6.61 Å². The Kier molecular flexibility index (Phi) is 5.14. The standard InChI is InChI=1S/C18H18N2O4S/c1-12(2)9-18(22)24-11-17(21)20-14(15-5-3-7-23-15)10-13(19-20)16-6-4-8-25-16/h3-9,14H,10-11H2,1-2H3/t14-/m1/s1. The second kappa shape index (κ2) is 7.48. The summed E-state index contributed by atoms with van der Waals surface area (Å²) in [6, 6.07) is 7.16. The largest absolute Gasteiger partial charge is 0.467 e. The van der Waals surface area contributed by atoms with Crippen LogP contribution in [0.1, 0.15) is 36.9 Å². The van der Waals surface area contributed by atoms with Gasteiger partial charge in [-0.05, 0) is 37.4 Å². The molecule has 0 fully saturated rings. The Morgan fingerprint density at radius 3 is 2.88 bits per heavy atom. The highest BCUT2D eigenvalue weighted by Crippen LogP contribution is 2.33. The summed E-state index contributed by atoms with van der Waals surface area (Å²) < 4.78 is 10.5. The van der Waals surface area contributed by atoms with Gasteiger partial charge in [0.2, 0.25) is 0 Å². The number of hydrogen-bond donors (Lipinski definition) is 0. The van der Waals surface area contributed by atoms with E-state index in [1.165, 1.54) is 11.1 Å². The highest BCUT2D eigenvalue weighted by molar-refractivity contribution is 7.12. The first-order valence-electron chi connectivity index (χ1n) is 7.83. The fourth-order valence-corrected chi connectivity index (χ4v) is 3.23. The lowest BCUT2D eigenvalue weighted by molar-refractivity contribution is -0.149. The molecule has 130 valence electrons. The van der Waals surface area contributed by atoms with Crippen molar-refractivity contribution in [2.75, 3.05) is 6.61 Å². The molecule has 0 unspecified atom stereocenters. The molecular weight excluding hydrogens is 340 g/mol. The molecule has 0 N–H and O–H groups in total. The van der Waals surface area contributed by atoms with Crippen molar-refractivity contribution in [2.24, 2.45) is 5.10 Å². The molecule has 1 atom stereocenters. The van der Waals surface area contributed by atoms with Gasteiger partial charge in [-0.3, -0.25) is 4.79 Å². The van der Waals surface area contributed by atoms with Crippen molar-refractivity contribution in [3.8, 4) is 0 Å². The van der Waals surface area contributed by atoms with Gasteiger partial charge in [-0.15, -0.1) is 11.3 Å². The first-order chi connectivity index (χ1) is 12.0. The molecule has 0 saturated heterocycles. The summed E-state index contributed by atoms with van der Waals surface area (Å²) in [6.45, 7) is 3.21. The van der Waals surface area contributed by atoms with Gasteiger partial charge in [0.05, 0.1) is 16.9 Å². The van der Waals surface area contributed by atoms with Gasteiger partial charge in [-0.25, -0.2) is 9.80 Å². The molecule has 25 heavy (non-hydrogen) atoms. The molecule has 3 heterocycles. The molecular formula is C18H18N2O4S. The second-order valence-corrected chi connectivity index (χ2v) is 6.77. The van der Waals surface area contributed by atoms with Crippen molar-refractivity contribution >= 4 is 28.9 Å². The number of thiophene rings is 1. The molecule has 0 spiro atoms. The molecule has 6 nitrogen and oxygen atoms in total. The summed E-state index contributed by atoms with van der Waals surface area (Å²) in [4.78, 5) is 25.2. The number of allylic oxidation sites excluding steroid dienone is 1. The third kappa shape index (κ3) is 4.06. The van der Waals surface area contributed by atoms with Crippen LogP contribution in [-0.2, 0) is 14.3 Å². The highest BCUT2D eigenvalue weighted by atomic mass is 32.1. The normalized spacial score (nSPS) is 16.5. The molecule has 7 heteroatoms. The van der Waals surface area contributed by atoms with E-state index in [1.54, 1.807) is 37.5 Å². The lowest BCUT2D eigenvalue weighted by Gasteiger charge is -2.19. The number of furan rings is 1. The van der Waals surface area contributed by atoms with Crippen LogP contribution in [0.4, 0.5) is 0 Å². The number of esters is 1. The van der Waals surface area contributed by atoms with Crippen molar-refractivity contribution in [1.29, 1.82) is 0 Å². The van der Waals surface area contributed by atoms with E-state index in [-0.39, 0.29) is 18.6 Å². The van der Waals surface area contributed by atoms with E-state index in [1.807, 2.05) is 23.6 Å². The van der Waals surface area contributed by atoms with Crippen LogP contribution in [0.25, 0.3) is 0 Å². The zero-order valence-corrected chi connectivity index (χ0v) is 14.8. The summed E-state index contributed by atoms with van der Waals surface area (Å²) >= 11 is 1.57. The third-order valence-electron chi connectivity index (χ3n) is 3.59. The van der Waals surface area contributed by atoms with Crippen LogP contribution in [0.3, 0.4) is 0 Å². The Morgan fingerprint density at radius 1 is 1.40 bits per heavy atom. The average Bonchev–Trinajstić information content (AvgIpc) is 3.31. The molecule has 1 aliphatic heterocycles. The molecule has 2 aromatic heterocycles. The fourth-order valence-electron chi connectivity index (χ4n) is 2.51. The number of amides is 1. The predicted molar refractivity (Wildman–Crippen MR) is 94.2 cm³/mol. The molecule has 0 bridgehead atoms. The fraction of sp³-hybridized carbons (Fsp3) is 0.278. The predicted octanol–water partition coefficient (Wildman–Crippen LogP) is 3.53. The first-order valence-corrected chi connectivity index (χ1v) is 8.71. The van der Waals surface area contributed by atoms with Crippen LogP contribution in [0.2, 0.25) is 0 Å². The van der Waals surface area contributed by atoms with E-state index in [9.17, 15) is 9.59 Å². The van der Waals surface area contributed by atoms with Crippen LogP contribution in [-0.4, -0.2) is 29.2 Å². The van der Waals surface area contributed by atoms with E-state index in [0.717, 1.165) is 16.2 Å². The van der Waals surface area contributed by atoms with Gasteiger partial charge < -0.3 is 9.15 Å². The highest BCUT2D eigenvalue weighted by Gasteiger charge is 2.35. The van der Waals surface area contributed by atoms with Crippen LogP contribution in [0.5, 0.6) is 0 Å². The van der Waals surface area contributed by atoms with Crippen LogP contribution in [0, 0.1) is 0 Å². The minimum absolute atomic E-state index is 0.332. The van der Waals surface area contributed by atoms with Gasteiger partial charge in [-0.1, -0.05) is 11.6 Å². The van der Waals surface area contributed by atoms with Crippen molar-refractivity contribution in [2.45, 2.75) is 26.3 Å². The number of ether oxygens (including phenoxy) is 1. The summed E-state index contributed by atoms with van der Waals surface area (Å²) in [6.07, 6.45) is 3.47. The van der Waals surface area contributed by atoms with E-state index >= 15 is 0 Å². The summed E-state index contributed by atoms with van der Waals surface area (Å²) in [5, 5.41) is 7.77. The maximum Gasteiger partial charge on any atom is 0.331 e. The van der Waals surface area contributed by atoms with E-state index in [2.05, 4.69) is 5.10 Å². The van der Waals surface area contributed by atoms with E-state index < -0.39 is 5.97 Å². The molecule has 1 aliphatic rings. The van der Waals surface area contributed by atoms with E-state index in [4.69, 9.17) is 9.15 Å². The van der Waals surface area contributed by atoms with Crippen molar-refractivity contribution in [3.05, 3.63) is 58.2 Å². The molecule has 3 rings (SSSR count). The van der Waals surface area contributed by atoms with Crippen LogP contribution in [0.15, 0.2) is 57.1 Å². The lowest BCUT2D eigenvalue weighted by atomic mass is 10.1. The van der Waals surface area contributed by atoms with Crippen molar-refractivity contribution in [3.63, 3.8) is 0 Å². The van der Waals surface area contributed by atoms with E-state index in [0.29, 0.717) is 12.2 Å². The number of hydrazone groups is 1. The number of hydrogen-bond acceptors (Lipinski definition) is 6. The molecule has 0 aliphatic carbocycles. The van der Waals surface area contributed by atoms with Gasteiger partial charge in [0, 0.05) is 12.5 Å². The number of carbonyl (C=O) groups is 2. The Bertz CT molecular complexity index is 802. The molecule has 0 radical (unpaired) electrons. The quantitative estimate of drug-likeness (QED) is 0.605. The third-order valence-corrected chi connectivity index (χ3v) is 4.51. The first kappa shape index (κ1) is 17.2. The second-order valence-electron chi connectivity index (χ2n) is 5.83. The average molecular weight is 358 g/mol. The van der Waals surface area contributed by atoms with Crippen LogP contribution < -0.4 is 0 Å². The zero-order chi connectivity index (χ0) is 17.8. The summed E-state index contributed by atoms with van der Waals surface area (Å²) in [5.41, 5.74) is 1.63. The summed E-state index contributed by atoms with van der Waals surface area (Å²) in [5.74, 6) is -0.271. The zero-order valence-electron chi connectivity index (χ0n) is 14.0. The molecule has 0 aromatic carbocycles. The van der Waals surface area contributed by atoms with Crippen molar-refractivity contribution in [1.82, 2.24) is 5.01 Å². The number of nitrogens with zero attached hydrogens (tertiary/aromatic N) is 2. The Labute approximate surface area is 149 Å². The maximum atomic E-state index is 12.5. The topological polar surface area (TPSA) is 72.1 Å². The maximum absolute atomic E-state index is 12.5. The Morgan fingerprint density at radius 2 is 2.24 bits per heavy atom. The molecule has 1 amide bonds. The minimum Gasteiger partial charge on any atom is -0.467 e.